The summed E-state index contributed by atoms with van der Waals surface area (Å²) >= 11 is 0. The van der Waals surface area contributed by atoms with E-state index in [0.717, 1.165) is 12.0 Å². The summed E-state index contributed by atoms with van der Waals surface area (Å²) < 4.78 is 39.7. The summed E-state index contributed by atoms with van der Waals surface area (Å²) in [5.41, 5.74) is 5.03. The summed E-state index contributed by atoms with van der Waals surface area (Å²) in [4.78, 5) is 33.7. The van der Waals surface area contributed by atoms with Crippen LogP contribution in [0.1, 0.15) is 72.3 Å². The van der Waals surface area contributed by atoms with Gasteiger partial charge in [0.15, 0.2) is 0 Å². The number of aromatic nitrogens is 2. The fourth-order valence-electron chi connectivity index (χ4n) is 3.94. The van der Waals surface area contributed by atoms with Gasteiger partial charge in [-0.3, -0.25) is 14.6 Å². The number of nitrogens with two attached hydrogens (primary N) is 1. The van der Waals surface area contributed by atoms with Crippen molar-refractivity contribution >= 4 is 18.9 Å². The number of aryl methyl sites for hydroxylation is 1. The van der Waals surface area contributed by atoms with Gasteiger partial charge in [-0.25, -0.2) is 4.98 Å². The number of carbonyl (C=O) groups excluding carboxylic acids is 2. The molecule has 0 spiro atoms. The van der Waals surface area contributed by atoms with Crippen LogP contribution in [0.2, 0.25) is 0 Å². The molecule has 10 heteroatoms. The van der Waals surface area contributed by atoms with Crippen molar-refractivity contribution < 1.29 is 27.7 Å². The minimum absolute atomic E-state index is 0.0706. The lowest BCUT2D eigenvalue weighted by Gasteiger charge is -2.32. The summed E-state index contributed by atoms with van der Waals surface area (Å²) in [5.74, 6) is -3.37. The van der Waals surface area contributed by atoms with Gasteiger partial charge in [-0.05, 0) is 52.5 Å². The first-order valence-electron chi connectivity index (χ1n) is 13.1. The zero-order valence-electron chi connectivity index (χ0n) is 23.6. The third kappa shape index (κ3) is 6.45. The molecule has 0 aliphatic carbocycles. The van der Waals surface area contributed by atoms with Gasteiger partial charge in [-0.15, -0.1) is 0 Å². The lowest BCUT2D eigenvalue weighted by Crippen LogP contribution is -2.50. The van der Waals surface area contributed by atoms with Crippen LogP contribution in [0.3, 0.4) is 0 Å². The molecule has 1 aliphatic rings. The maximum Gasteiger partial charge on any atom is 0.481 e. The summed E-state index contributed by atoms with van der Waals surface area (Å²) in [7, 11) is -3.53. The third-order valence-electron chi connectivity index (χ3n) is 6.61. The topological polar surface area (TPSA) is 126 Å². The Bertz CT molecular complexity index is 1100. The van der Waals surface area contributed by atoms with Crippen LogP contribution < -0.4 is 11.1 Å². The average molecular weight is 485 g/mol. The van der Waals surface area contributed by atoms with Gasteiger partial charge in [-0.1, -0.05) is 30.3 Å². The van der Waals surface area contributed by atoms with E-state index >= 15 is 0 Å². The molecule has 2 amide bonds. The van der Waals surface area contributed by atoms with Crippen molar-refractivity contribution in [3.05, 3.63) is 59.7 Å². The highest BCUT2D eigenvalue weighted by Crippen LogP contribution is 2.38. The van der Waals surface area contributed by atoms with Crippen LogP contribution in [-0.4, -0.2) is 59.7 Å². The van der Waals surface area contributed by atoms with Gasteiger partial charge in [0.25, 0.3) is 5.91 Å². The van der Waals surface area contributed by atoms with Crippen LogP contribution in [0.25, 0.3) is 0 Å². The van der Waals surface area contributed by atoms with Gasteiger partial charge < -0.3 is 25.1 Å². The second-order valence-electron chi connectivity index (χ2n) is 9.64. The summed E-state index contributed by atoms with van der Waals surface area (Å²) in [5, 5.41) is 2.95. The first-order chi connectivity index (χ1) is 17.7. The van der Waals surface area contributed by atoms with Crippen LogP contribution in [0.15, 0.2) is 42.7 Å². The average Bonchev–Trinajstić information content (AvgIpc) is 3.05. The number of nitrogens with one attached hydrogen (secondary N) is 1. The number of amides is 2. The van der Waals surface area contributed by atoms with E-state index in [2.05, 4.69) is 15.3 Å². The Morgan fingerprint density at radius 1 is 1.14 bits per heavy atom. The smallest absolute Gasteiger partial charge is 0.402 e. The fourth-order valence-corrected chi connectivity index (χ4v) is 3.94. The Labute approximate surface area is 211 Å². The van der Waals surface area contributed by atoms with Gasteiger partial charge in [0.2, 0.25) is 5.91 Å². The van der Waals surface area contributed by atoms with Gasteiger partial charge in [0.1, 0.15) is 11.6 Å². The van der Waals surface area contributed by atoms with E-state index in [1.165, 1.54) is 12.4 Å². The Balaban J connectivity index is 1.86. The molecule has 0 saturated carbocycles. The van der Waals surface area contributed by atoms with Crippen LogP contribution >= 0.6 is 0 Å². The maximum absolute atomic E-state index is 13.7. The first-order valence-corrected chi connectivity index (χ1v) is 11.6. The molecule has 2 heterocycles. The minimum Gasteiger partial charge on any atom is -0.402 e. The summed E-state index contributed by atoms with van der Waals surface area (Å²) in [6.07, 6.45) is 4.55. The van der Waals surface area contributed by atoms with Gasteiger partial charge >= 0.3 is 7.12 Å². The lowest BCUT2D eigenvalue weighted by molar-refractivity contribution is -0.124. The van der Waals surface area contributed by atoms with Crippen molar-refractivity contribution in [1.82, 2.24) is 15.3 Å². The molecule has 2 atom stereocenters. The molecule has 1 aromatic heterocycles. The number of primary amides is 1. The van der Waals surface area contributed by atoms with Crippen LogP contribution in [0.5, 0.6) is 0 Å². The van der Waals surface area contributed by atoms with Crippen molar-refractivity contribution in [2.75, 3.05) is 13.6 Å². The molecule has 0 bridgehead atoms. The number of hydrogen-bond donors (Lipinski definition) is 2. The molecule has 1 aliphatic heterocycles. The standard InChI is InChI=1S/C25H35BN4O5/c1-24(2)25(3,4)35-26(34-24)19(13-9-12-17-10-7-6-8-11-17)30-23(32)18(16-33-5)20-21(22(27)31)29-15-14-28-20/h6-8,10-11,14-15,18-19H,9,12-13,16H2,1-5H3,(H2,27,31)(H,30,32)/t18-,19-/m0/s1/i5D3. The molecule has 3 N–H and O–H groups in total. The molecule has 9 nitrogen and oxygen atoms in total. The quantitative estimate of drug-likeness (QED) is 0.469. The Hall–Kier alpha value is -2.82. The van der Waals surface area contributed by atoms with Crippen molar-refractivity contribution in [2.45, 2.75) is 70.0 Å². The summed E-state index contributed by atoms with van der Waals surface area (Å²) in [6, 6.07) is 9.95. The number of methoxy groups -OCH3 is 1. The van der Waals surface area contributed by atoms with Gasteiger partial charge in [0, 0.05) is 19.4 Å². The second-order valence-corrected chi connectivity index (χ2v) is 9.64. The molecule has 1 fully saturated rings. The van der Waals surface area contributed by atoms with E-state index in [9.17, 15) is 9.59 Å². The van der Waals surface area contributed by atoms with Crippen LogP contribution in [0.4, 0.5) is 0 Å². The predicted molar refractivity (Wildman–Crippen MR) is 133 cm³/mol. The first kappa shape index (κ1) is 22.6. The van der Waals surface area contributed by atoms with Crippen molar-refractivity contribution in [3.63, 3.8) is 0 Å². The third-order valence-corrected chi connectivity index (χ3v) is 6.61. The maximum atomic E-state index is 13.7. The van der Waals surface area contributed by atoms with E-state index in [1.54, 1.807) is 0 Å². The monoisotopic (exact) mass is 485 g/mol. The molecule has 2 aromatic rings. The summed E-state index contributed by atoms with van der Waals surface area (Å²) in [6.45, 7) is 7.10. The zero-order chi connectivity index (χ0) is 28.1. The highest BCUT2D eigenvalue weighted by molar-refractivity contribution is 6.48. The molecule has 0 radical (unpaired) electrons. The number of hydrogen-bond acceptors (Lipinski definition) is 7. The lowest BCUT2D eigenvalue weighted by atomic mass is 9.75. The molecular formula is C25H35BN4O5. The molecule has 1 aromatic carbocycles. The van der Waals surface area contributed by atoms with Crippen LogP contribution in [0, 0.1) is 0 Å². The fraction of sp³-hybridized carbons (Fsp3) is 0.520. The largest absolute Gasteiger partial charge is 0.481 e. The normalized spacial score (nSPS) is 19.8. The Kier molecular flexibility index (Phi) is 7.30. The highest BCUT2D eigenvalue weighted by Gasteiger charge is 2.54. The number of benzene rings is 1. The zero-order valence-corrected chi connectivity index (χ0v) is 20.6. The Morgan fingerprint density at radius 3 is 2.43 bits per heavy atom. The Morgan fingerprint density at radius 2 is 1.80 bits per heavy atom. The van der Waals surface area contributed by atoms with E-state index in [0.29, 0.717) is 12.8 Å². The van der Waals surface area contributed by atoms with E-state index in [-0.39, 0.29) is 11.4 Å². The molecule has 3 rings (SSSR count). The van der Waals surface area contributed by atoms with Crippen molar-refractivity contribution in [3.8, 4) is 0 Å². The SMILES string of the molecule is [2H]C([2H])([2H])OC[C@H](C(=O)N[C@@H](CCCc1ccccc1)B1OC(C)(C)C(C)(C)O1)c1nccnc1C(N)=O. The van der Waals surface area contributed by atoms with E-state index < -0.39 is 55.6 Å². The molecule has 1 saturated heterocycles. The molecule has 35 heavy (non-hydrogen) atoms. The van der Waals surface area contributed by atoms with Crippen LogP contribution in [-0.2, 0) is 25.3 Å². The van der Waals surface area contributed by atoms with E-state index in [1.807, 2.05) is 58.0 Å². The highest BCUT2D eigenvalue weighted by atomic mass is 16.7. The minimum atomic E-state index is -2.77. The van der Waals surface area contributed by atoms with Gasteiger partial charge in [-0.2, -0.15) is 0 Å². The second kappa shape index (κ2) is 11.3. The van der Waals surface area contributed by atoms with Crippen molar-refractivity contribution in [2.24, 2.45) is 5.73 Å². The molecule has 0 unspecified atom stereocenters. The molecular weight excluding hydrogens is 447 g/mol. The number of ether oxygens (including phenoxy) is 1. The number of carbonyl (C=O) groups is 2. The molecule has 188 valence electrons. The number of rotatable bonds is 11. The van der Waals surface area contributed by atoms with Crippen molar-refractivity contribution in [1.29, 1.82) is 0 Å². The van der Waals surface area contributed by atoms with Gasteiger partial charge in [0.05, 0.1) is 33.6 Å². The van der Waals surface area contributed by atoms with E-state index in [4.69, 9.17) is 23.9 Å². The number of nitrogens with zero attached hydrogens (tertiary/aromatic N) is 2. The predicted octanol–water partition coefficient (Wildman–Crippen LogP) is 2.44.